The minimum absolute atomic E-state index is 0.642. The van der Waals surface area contributed by atoms with Crippen molar-refractivity contribution in [1.29, 1.82) is 0 Å². The highest BCUT2D eigenvalue weighted by atomic mass is 28.4. The molecule has 1 nitrogen and oxygen atoms in total. The Kier molecular flexibility index (Phi) is 4.48. The second-order valence-corrected chi connectivity index (χ2v) is 10.2. The molecule has 16 heavy (non-hydrogen) atoms. The van der Waals surface area contributed by atoms with Crippen LogP contribution in [-0.2, 0) is 4.43 Å². The standard InChI is InChI=1S/C14H28OSi/c1-3-13-9-5-6-10-14(13)15-16(4-2)11-7-8-12-16/h13-14H,3-12H2,1-2H3. The molecule has 0 spiro atoms. The Morgan fingerprint density at radius 3 is 2.31 bits per heavy atom. The summed E-state index contributed by atoms with van der Waals surface area (Å²) in [7, 11) is -1.25. The first-order valence-electron chi connectivity index (χ1n) is 7.47. The van der Waals surface area contributed by atoms with E-state index in [1.807, 2.05) is 0 Å². The third kappa shape index (κ3) is 2.70. The summed E-state index contributed by atoms with van der Waals surface area (Å²) in [4.78, 5) is 0. The molecule has 0 aromatic carbocycles. The van der Waals surface area contributed by atoms with Crippen molar-refractivity contribution in [2.24, 2.45) is 5.92 Å². The van der Waals surface area contributed by atoms with Crippen LogP contribution in [-0.4, -0.2) is 14.4 Å². The van der Waals surface area contributed by atoms with Gasteiger partial charge in [-0.3, -0.25) is 0 Å². The fraction of sp³-hybridized carbons (Fsp3) is 1.00. The molecule has 2 rings (SSSR count). The van der Waals surface area contributed by atoms with Crippen molar-refractivity contribution >= 4 is 8.32 Å². The highest BCUT2D eigenvalue weighted by Crippen LogP contribution is 2.39. The normalized spacial score (nSPS) is 34.1. The van der Waals surface area contributed by atoms with E-state index in [0.717, 1.165) is 5.92 Å². The van der Waals surface area contributed by atoms with Crippen LogP contribution in [0.25, 0.3) is 0 Å². The van der Waals surface area contributed by atoms with Crippen molar-refractivity contribution in [3.63, 3.8) is 0 Å². The average molecular weight is 240 g/mol. The molecule has 0 radical (unpaired) electrons. The van der Waals surface area contributed by atoms with Crippen molar-refractivity contribution in [1.82, 2.24) is 0 Å². The van der Waals surface area contributed by atoms with E-state index < -0.39 is 8.32 Å². The Labute approximate surface area is 102 Å². The molecule has 2 unspecified atom stereocenters. The van der Waals surface area contributed by atoms with Gasteiger partial charge < -0.3 is 4.43 Å². The van der Waals surface area contributed by atoms with E-state index >= 15 is 0 Å². The van der Waals surface area contributed by atoms with Gasteiger partial charge in [0.15, 0.2) is 8.32 Å². The van der Waals surface area contributed by atoms with E-state index in [0.29, 0.717) is 6.10 Å². The van der Waals surface area contributed by atoms with Crippen LogP contribution in [0.2, 0.25) is 18.1 Å². The van der Waals surface area contributed by atoms with Crippen molar-refractivity contribution in [3.05, 3.63) is 0 Å². The maximum absolute atomic E-state index is 6.73. The van der Waals surface area contributed by atoms with Crippen LogP contribution in [0.1, 0.15) is 58.8 Å². The van der Waals surface area contributed by atoms with E-state index in [1.54, 1.807) is 0 Å². The Morgan fingerprint density at radius 2 is 1.69 bits per heavy atom. The molecule has 0 amide bonds. The summed E-state index contributed by atoms with van der Waals surface area (Å²) in [5, 5.41) is 0. The van der Waals surface area contributed by atoms with Gasteiger partial charge in [0.1, 0.15) is 0 Å². The second-order valence-electron chi connectivity index (χ2n) is 5.85. The topological polar surface area (TPSA) is 9.23 Å². The first-order valence-corrected chi connectivity index (χ1v) is 10.0. The molecule has 1 saturated carbocycles. The summed E-state index contributed by atoms with van der Waals surface area (Å²) in [5.74, 6) is 0.880. The molecule has 0 N–H and O–H groups in total. The second kappa shape index (κ2) is 5.68. The monoisotopic (exact) mass is 240 g/mol. The molecule has 2 fully saturated rings. The Balaban J connectivity index is 1.95. The first kappa shape index (κ1) is 12.6. The largest absolute Gasteiger partial charge is 0.414 e. The molecule has 94 valence electrons. The molecule has 2 aliphatic rings. The molecule has 0 aromatic heterocycles. The van der Waals surface area contributed by atoms with Gasteiger partial charge in [-0.2, -0.15) is 0 Å². The molecule has 0 aromatic rings. The van der Waals surface area contributed by atoms with Gasteiger partial charge in [0.2, 0.25) is 0 Å². The maximum atomic E-state index is 6.73. The summed E-state index contributed by atoms with van der Waals surface area (Å²) in [6.07, 6.45) is 10.5. The van der Waals surface area contributed by atoms with Crippen molar-refractivity contribution in [2.75, 3.05) is 0 Å². The quantitative estimate of drug-likeness (QED) is 0.645. The fourth-order valence-electron chi connectivity index (χ4n) is 3.69. The molecule has 1 heterocycles. The highest BCUT2D eigenvalue weighted by Gasteiger charge is 2.40. The van der Waals surface area contributed by atoms with Crippen LogP contribution in [0.15, 0.2) is 0 Å². The van der Waals surface area contributed by atoms with Gasteiger partial charge in [0.25, 0.3) is 0 Å². The third-order valence-electron chi connectivity index (χ3n) is 4.92. The van der Waals surface area contributed by atoms with Crippen LogP contribution in [0.3, 0.4) is 0 Å². The van der Waals surface area contributed by atoms with Crippen LogP contribution in [0.4, 0.5) is 0 Å². The Morgan fingerprint density at radius 1 is 1.00 bits per heavy atom. The lowest BCUT2D eigenvalue weighted by molar-refractivity contribution is 0.0807. The zero-order valence-corrected chi connectivity index (χ0v) is 12.1. The Bertz CT molecular complexity index is 211. The van der Waals surface area contributed by atoms with E-state index in [4.69, 9.17) is 4.43 Å². The lowest BCUT2D eigenvalue weighted by Crippen LogP contribution is -2.42. The van der Waals surface area contributed by atoms with Gasteiger partial charge in [-0.1, -0.05) is 46.0 Å². The van der Waals surface area contributed by atoms with Crippen LogP contribution in [0, 0.1) is 5.92 Å². The van der Waals surface area contributed by atoms with Crippen LogP contribution < -0.4 is 0 Å². The predicted octanol–water partition coefficient (Wildman–Crippen LogP) is 4.73. The number of rotatable bonds is 4. The Hall–Kier alpha value is 0.177. The average Bonchev–Trinajstić information content (AvgIpc) is 2.79. The lowest BCUT2D eigenvalue weighted by Gasteiger charge is -2.38. The summed E-state index contributed by atoms with van der Waals surface area (Å²) < 4.78 is 6.73. The van der Waals surface area contributed by atoms with Gasteiger partial charge in [-0.25, -0.2) is 0 Å². The third-order valence-corrected chi connectivity index (χ3v) is 9.55. The van der Waals surface area contributed by atoms with E-state index in [-0.39, 0.29) is 0 Å². The predicted molar refractivity (Wildman–Crippen MR) is 72.2 cm³/mol. The smallest absolute Gasteiger partial charge is 0.192 e. The molecule has 0 bridgehead atoms. The fourth-order valence-corrected chi connectivity index (χ4v) is 7.79. The van der Waals surface area contributed by atoms with Crippen LogP contribution in [0.5, 0.6) is 0 Å². The van der Waals surface area contributed by atoms with Crippen molar-refractivity contribution in [3.8, 4) is 0 Å². The van der Waals surface area contributed by atoms with Gasteiger partial charge in [0.05, 0.1) is 0 Å². The molecular formula is C14H28OSi. The summed E-state index contributed by atoms with van der Waals surface area (Å²) >= 11 is 0. The molecule has 2 atom stereocenters. The molecule has 2 heteroatoms. The molecule has 1 saturated heterocycles. The summed E-state index contributed by atoms with van der Waals surface area (Å²) in [6, 6.07) is 4.27. The van der Waals surface area contributed by atoms with Gasteiger partial charge in [-0.15, -0.1) is 0 Å². The number of hydrogen-bond acceptors (Lipinski definition) is 1. The minimum atomic E-state index is -1.25. The van der Waals surface area contributed by atoms with E-state index in [2.05, 4.69) is 13.8 Å². The van der Waals surface area contributed by atoms with Gasteiger partial charge >= 0.3 is 0 Å². The maximum Gasteiger partial charge on any atom is 0.192 e. The van der Waals surface area contributed by atoms with Gasteiger partial charge in [0, 0.05) is 6.10 Å². The van der Waals surface area contributed by atoms with Crippen LogP contribution >= 0.6 is 0 Å². The molecule has 1 aliphatic carbocycles. The first-order chi connectivity index (χ1) is 7.79. The van der Waals surface area contributed by atoms with E-state index in [1.165, 1.54) is 63.1 Å². The lowest BCUT2D eigenvalue weighted by atomic mass is 9.85. The minimum Gasteiger partial charge on any atom is -0.414 e. The highest BCUT2D eigenvalue weighted by molar-refractivity contribution is 6.74. The van der Waals surface area contributed by atoms with Gasteiger partial charge in [-0.05, 0) is 36.9 Å². The van der Waals surface area contributed by atoms with E-state index in [9.17, 15) is 0 Å². The van der Waals surface area contributed by atoms with Crippen molar-refractivity contribution in [2.45, 2.75) is 83.0 Å². The molecular weight excluding hydrogens is 212 g/mol. The van der Waals surface area contributed by atoms with Crippen molar-refractivity contribution < 1.29 is 4.43 Å². The SMILES string of the molecule is CCC1CCCCC1O[Si]1(CC)CCCC1. The molecule has 1 aliphatic heterocycles. The summed E-state index contributed by atoms with van der Waals surface area (Å²) in [6.45, 7) is 4.72. The zero-order valence-electron chi connectivity index (χ0n) is 11.1. The zero-order chi connectivity index (χ0) is 11.4. The summed E-state index contributed by atoms with van der Waals surface area (Å²) in [5.41, 5.74) is 0. The number of hydrogen-bond donors (Lipinski definition) is 0.